The SMILES string of the molecule is Cc1ccc(Cl)cc1NC(=O)Cn1c(-c2cccc(Cl)c2)nc(C)c(C)c1=O. The number of nitrogens with one attached hydrogen (secondary N) is 1. The summed E-state index contributed by atoms with van der Waals surface area (Å²) in [6, 6.07) is 12.3. The molecule has 0 fully saturated rings. The topological polar surface area (TPSA) is 64.0 Å². The van der Waals surface area contributed by atoms with E-state index < -0.39 is 0 Å². The molecular weight excluding hydrogens is 397 g/mol. The van der Waals surface area contributed by atoms with Gasteiger partial charge in [0.2, 0.25) is 5.91 Å². The lowest BCUT2D eigenvalue weighted by Crippen LogP contribution is -2.31. The largest absolute Gasteiger partial charge is 0.324 e. The standard InChI is InChI=1S/C21H19Cl2N3O2/c1-12-7-8-17(23)10-18(12)25-19(27)11-26-20(15-5-4-6-16(22)9-15)24-14(3)13(2)21(26)28/h4-10H,11H2,1-3H3,(H,25,27). The van der Waals surface area contributed by atoms with Crippen LogP contribution in [-0.4, -0.2) is 15.5 Å². The van der Waals surface area contributed by atoms with Gasteiger partial charge in [-0.1, -0.05) is 41.4 Å². The van der Waals surface area contributed by atoms with Crippen LogP contribution in [0.15, 0.2) is 47.3 Å². The second-order valence-corrected chi connectivity index (χ2v) is 7.43. The number of benzene rings is 2. The number of halogens is 2. The van der Waals surface area contributed by atoms with E-state index in [1.54, 1.807) is 50.2 Å². The van der Waals surface area contributed by atoms with Crippen LogP contribution in [0.2, 0.25) is 10.0 Å². The normalized spacial score (nSPS) is 10.8. The van der Waals surface area contributed by atoms with Gasteiger partial charge in [0.25, 0.3) is 5.56 Å². The third-order valence-electron chi connectivity index (χ3n) is 4.50. The first-order chi connectivity index (χ1) is 13.3. The predicted molar refractivity (Wildman–Crippen MR) is 113 cm³/mol. The van der Waals surface area contributed by atoms with Crippen LogP contribution in [0.25, 0.3) is 11.4 Å². The fraction of sp³-hybridized carbons (Fsp3) is 0.190. The minimum Gasteiger partial charge on any atom is -0.324 e. The quantitative estimate of drug-likeness (QED) is 0.666. The van der Waals surface area contributed by atoms with E-state index in [1.807, 2.05) is 13.0 Å². The van der Waals surface area contributed by atoms with Crippen molar-refractivity contribution in [2.45, 2.75) is 27.3 Å². The Balaban J connectivity index is 2.01. The molecule has 3 aromatic rings. The molecular formula is C21H19Cl2N3O2. The van der Waals surface area contributed by atoms with Gasteiger partial charge in [-0.25, -0.2) is 4.98 Å². The Kier molecular flexibility index (Phi) is 5.87. The van der Waals surface area contributed by atoms with Crippen molar-refractivity contribution < 1.29 is 4.79 Å². The molecule has 0 unspecified atom stereocenters. The van der Waals surface area contributed by atoms with Gasteiger partial charge in [-0.15, -0.1) is 0 Å². The fourth-order valence-corrected chi connectivity index (χ4v) is 3.18. The maximum Gasteiger partial charge on any atom is 0.257 e. The summed E-state index contributed by atoms with van der Waals surface area (Å²) in [5.41, 5.74) is 2.99. The third kappa shape index (κ3) is 4.26. The Morgan fingerprint density at radius 1 is 1.07 bits per heavy atom. The molecule has 0 saturated carbocycles. The van der Waals surface area contributed by atoms with Gasteiger partial charge in [-0.3, -0.25) is 14.2 Å². The van der Waals surface area contributed by atoms with Crippen LogP contribution >= 0.6 is 23.2 Å². The highest BCUT2D eigenvalue weighted by Crippen LogP contribution is 2.22. The summed E-state index contributed by atoms with van der Waals surface area (Å²) < 4.78 is 1.36. The molecule has 0 aliphatic heterocycles. The zero-order chi connectivity index (χ0) is 20.4. The molecule has 7 heteroatoms. The Morgan fingerprint density at radius 2 is 1.79 bits per heavy atom. The average Bonchev–Trinajstić information content (AvgIpc) is 2.65. The van der Waals surface area contributed by atoms with Gasteiger partial charge in [0.1, 0.15) is 12.4 Å². The minimum absolute atomic E-state index is 0.180. The summed E-state index contributed by atoms with van der Waals surface area (Å²) >= 11 is 12.1. The molecule has 1 heterocycles. The molecule has 2 aromatic carbocycles. The van der Waals surface area contributed by atoms with Crippen molar-refractivity contribution in [1.29, 1.82) is 0 Å². The predicted octanol–water partition coefficient (Wildman–Crippen LogP) is 4.78. The smallest absolute Gasteiger partial charge is 0.257 e. The van der Waals surface area contributed by atoms with Gasteiger partial charge >= 0.3 is 0 Å². The van der Waals surface area contributed by atoms with E-state index in [1.165, 1.54) is 4.57 Å². The van der Waals surface area contributed by atoms with Gasteiger partial charge in [-0.05, 0) is 50.6 Å². The first-order valence-corrected chi connectivity index (χ1v) is 9.42. The molecule has 1 N–H and O–H groups in total. The van der Waals surface area contributed by atoms with Crippen molar-refractivity contribution in [1.82, 2.24) is 9.55 Å². The highest BCUT2D eigenvalue weighted by molar-refractivity contribution is 6.31. The zero-order valence-corrected chi connectivity index (χ0v) is 17.2. The zero-order valence-electron chi connectivity index (χ0n) is 15.7. The van der Waals surface area contributed by atoms with Crippen LogP contribution in [0.1, 0.15) is 16.8 Å². The van der Waals surface area contributed by atoms with Crippen molar-refractivity contribution in [3.63, 3.8) is 0 Å². The van der Waals surface area contributed by atoms with Crippen LogP contribution in [0.4, 0.5) is 5.69 Å². The fourth-order valence-electron chi connectivity index (χ4n) is 2.81. The van der Waals surface area contributed by atoms with Crippen molar-refractivity contribution >= 4 is 34.8 Å². The molecule has 5 nitrogen and oxygen atoms in total. The first-order valence-electron chi connectivity index (χ1n) is 8.66. The summed E-state index contributed by atoms with van der Waals surface area (Å²) in [4.78, 5) is 30.1. The third-order valence-corrected chi connectivity index (χ3v) is 4.97. The lowest BCUT2D eigenvalue weighted by Gasteiger charge is -2.15. The van der Waals surface area contributed by atoms with E-state index in [9.17, 15) is 9.59 Å². The van der Waals surface area contributed by atoms with Crippen LogP contribution < -0.4 is 10.9 Å². The van der Waals surface area contributed by atoms with Gasteiger partial charge in [-0.2, -0.15) is 0 Å². The molecule has 0 aliphatic rings. The molecule has 0 atom stereocenters. The lowest BCUT2D eigenvalue weighted by atomic mass is 10.1. The number of amides is 1. The molecule has 0 radical (unpaired) electrons. The second kappa shape index (κ2) is 8.17. The van der Waals surface area contributed by atoms with E-state index >= 15 is 0 Å². The molecule has 28 heavy (non-hydrogen) atoms. The molecule has 0 aliphatic carbocycles. The van der Waals surface area contributed by atoms with E-state index in [4.69, 9.17) is 23.2 Å². The maximum absolute atomic E-state index is 12.9. The van der Waals surface area contributed by atoms with E-state index in [2.05, 4.69) is 10.3 Å². The van der Waals surface area contributed by atoms with Crippen LogP contribution in [-0.2, 0) is 11.3 Å². The highest BCUT2D eigenvalue weighted by Gasteiger charge is 2.16. The monoisotopic (exact) mass is 415 g/mol. The van der Waals surface area contributed by atoms with Crippen LogP contribution in [0, 0.1) is 20.8 Å². The molecule has 0 spiro atoms. The number of nitrogens with zero attached hydrogens (tertiary/aromatic N) is 2. The summed E-state index contributed by atoms with van der Waals surface area (Å²) in [6.45, 7) is 5.15. The number of aryl methyl sites for hydroxylation is 2. The lowest BCUT2D eigenvalue weighted by molar-refractivity contribution is -0.116. The Hall–Kier alpha value is -2.63. The number of aromatic nitrogens is 2. The molecule has 0 saturated heterocycles. The van der Waals surface area contributed by atoms with Gasteiger partial charge in [0.05, 0.1) is 0 Å². The number of anilines is 1. The highest BCUT2D eigenvalue weighted by atomic mass is 35.5. The maximum atomic E-state index is 12.9. The van der Waals surface area contributed by atoms with Crippen molar-refractivity contribution in [3.8, 4) is 11.4 Å². The number of hydrogen-bond donors (Lipinski definition) is 1. The molecule has 144 valence electrons. The number of carbonyl (C=O) groups is 1. The Bertz CT molecular complexity index is 1120. The minimum atomic E-state index is -0.346. The average molecular weight is 416 g/mol. The Labute approximate surface area is 172 Å². The first kappa shape index (κ1) is 20.1. The summed E-state index contributed by atoms with van der Waals surface area (Å²) in [7, 11) is 0. The van der Waals surface area contributed by atoms with Gasteiger partial charge < -0.3 is 5.32 Å². The summed E-state index contributed by atoms with van der Waals surface area (Å²) in [6.07, 6.45) is 0. The summed E-state index contributed by atoms with van der Waals surface area (Å²) in [5.74, 6) is 0.0503. The van der Waals surface area contributed by atoms with Crippen LogP contribution in [0.5, 0.6) is 0 Å². The number of rotatable bonds is 4. The van der Waals surface area contributed by atoms with E-state index in [0.717, 1.165) is 5.56 Å². The Morgan fingerprint density at radius 3 is 2.50 bits per heavy atom. The number of hydrogen-bond acceptors (Lipinski definition) is 3. The molecule has 0 bridgehead atoms. The van der Waals surface area contributed by atoms with Gasteiger partial charge in [0.15, 0.2) is 0 Å². The molecule has 1 aromatic heterocycles. The molecule has 1 amide bonds. The van der Waals surface area contributed by atoms with E-state index in [0.29, 0.717) is 38.4 Å². The van der Waals surface area contributed by atoms with Crippen LogP contribution in [0.3, 0.4) is 0 Å². The van der Waals surface area contributed by atoms with Crippen molar-refractivity contribution in [3.05, 3.63) is 79.7 Å². The van der Waals surface area contributed by atoms with Gasteiger partial charge in [0, 0.05) is 32.6 Å². The van der Waals surface area contributed by atoms with E-state index in [-0.39, 0.29) is 18.0 Å². The van der Waals surface area contributed by atoms with Crippen molar-refractivity contribution in [2.24, 2.45) is 0 Å². The molecule has 3 rings (SSSR count). The van der Waals surface area contributed by atoms with Crippen molar-refractivity contribution in [2.75, 3.05) is 5.32 Å². The second-order valence-electron chi connectivity index (χ2n) is 6.55. The number of carbonyl (C=O) groups excluding carboxylic acids is 1. The summed E-state index contributed by atoms with van der Waals surface area (Å²) in [5, 5.41) is 3.86.